The molecule has 0 amide bonds. The van der Waals surface area contributed by atoms with Gasteiger partial charge in [0, 0.05) is 18.6 Å². The lowest BCUT2D eigenvalue weighted by atomic mass is 9.98. The predicted molar refractivity (Wildman–Crippen MR) is 85.5 cm³/mol. The predicted octanol–water partition coefficient (Wildman–Crippen LogP) is 3.07. The van der Waals surface area contributed by atoms with E-state index in [-0.39, 0.29) is 6.04 Å². The lowest BCUT2D eigenvalue weighted by Gasteiger charge is -2.41. The number of nitrogens with two attached hydrogens (primary N) is 1. The van der Waals surface area contributed by atoms with Crippen LogP contribution in [-0.2, 0) is 0 Å². The summed E-state index contributed by atoms with van der Waals surface area (Å²) in [6.45, 7) is 9.53. The Morgan fingerprint density at radius 3 is 2.20 bits per heavy atom. The number of aryl methyl sites for hydroxylation is 2. The number of benzene rings is 1. The minimum Gasteiger partial charge on any atom is -0.329 e. The molecule has 1 saturated heterocycles. The highest BCUT2D eigenvalue weighted by molar-refractivity contribution is 5.30. The molecule has 3 atom stereocenters. The van der Waals surface area contributed by atoms with Gasteiger partial charge in [-0.1, -0.05) is 35.7 Å². The van der Waals surface area contributed by atoms with Crippen molar-refractivity contribution in [3.05, 3.63) is 34.9 Å². The van der Waals surface area contributed by atoms with Gasteiger partial charge in [0.2, 0.25) is 0 Å². The van der Waals surface area contributed by atoms with E-state index in [0.29, 0.717) is 18.6 Å². The number of nitrogens with zero attached hydrogens (tertiary/aromatic N) is 1. The summed E-state index contributed by atoms with van der Waals surface area (Å²) in [5.74, 6) is 0. The first-order valence-electron chi connectivity index (χ1n) is 7.84. The fourth-order valence-corrected chi connectivity index (χ4v) is 3.33. The highest BCUT2D eigenvalue weighted by Crippen LogP contribution is 2.24. The van der Waals surface area contributed by atoms with Crippen LogP contribution < -0.4 is 11.2 Å². The second-order valence-corrected chi connectivity index (χ2v) is 6.37. The number of hydrogen-bond acceptors (Lipinski definition) is 3. The van der Waals surface area contributed by atoms with Gasteiger partial charge < -0.3 is 5.73 Å². The van der Waals surface area contributed by atoms with Crippen molar-refractivity contribution < 1.29 is 0 Å². The van der Waals surface area contributed by atoms with Crippen LogP contribution >= 0.6 is 0 Å². The molecule has 1 aliphatic rings. The molecule has 1 fully saturated rings. The number of hydrazine groups is 1. The summed E-state index contributed by atoms with van der Waals surface area (Å²) >= 11 is 0. The average molecular weight is 275 g/mol. The number of nitrogens with one attached hydrogen (secondary N) is 1. The van der Waals surface area contributed by atoms with E-state index in [0.717, 1.165) is 0 Å². The van der Waals surface area contributed by atoms with E-state index in [2.05, 4.69) is 56.3 Å². The normalized spacial score (nSPS) is 25.6. The van der Waals surface area contributed by atoms with Gasteiger partial charge in [0.1, 0.15) is 0 Å². The van der Waals surface area contributed by atoms with Gasteiger partial charge in [0.05, 0.1) is 6.04 Å². The Hall–Kier alpha value is -0.900. The van der Waals surface area contributed by atoms with Gasteiger partial charge in [-0.3, -0.25) is 0 Å². The van der Waals surface area contributed by atoms with E-state index in [1.54, 1.807) is 0 Å². The van der Waals surface area contributed by atoms with Gasteiger partial charge in [0.15, 0.2) is 0 Å². The Morgan fingerprint density at radius 2 is 1.70 bits per heavy atom. The monoisotopic (exact) mass is 275 g/mol. The standard InChI is InChI=1S/C17H29N3/c1-12-8-13(2)10-16(9-12)17(11-18)19-20-14(3)6-5-7-15(20)4/h8-10,14-15,17,19H,5-7,11,18H2,1-4H3. The van der Waals surface area contributed by atoms with Crippen LogP contribution in [0.4, 0.5) is 0 Å². The Labute approximate surface area is 123 Å². The molecule has 0 saturated carbocycles. The average Bonchev–Trinajstić information content (AvgIpc) is 2.37. The van der Waals surface area contributed by atoms with Crippen LogP contribution in [0.1, 0.15) is 55.8 Å². The summed E-state index contributed by atoms with van der Waals surface area (Å²) < 4.78 is 0. The zero-order valence-corrected chi connectivity index (χ0v) is 13.3. The maximum atomic E-state index is 6.02. The zero-order chi connectivity index (χ0) is 14.7. The molecule has 0 radical (unpaired) electrons. The molecule has 2 rings (SSSR count). The third-order valence-electron chi connectivity index (χ3n) is 4.38. The zero-order valence-electron chi connectivity index (χ0n) is 13.3. The molecule has 112 valence electrons. The highest BCUT2D eigenvalue weighted by Gasteiger charge is 2.26. The minimum atomic E-state index is 0.205. The Bertz CT molecular complexity index is 414. The first kappa shape index (κ1) is 15.5. The van der Waals surface area contributed by atoms with E-state index in [9.17, 15) is 0 Å². The van der Waals surface area contributed by atoms with Crippen LogP contribution in [0.2, 0.25) is 0 Å². The molecule has 3 unspecified atom stereocenters. The van der Waals surface area contributed by atoms with Crippen molar-refractivity contribution in [2.24, 2.45) is 5.73 Å². The Kier molecular flexibility index (Phi) is 5.19. The number of piperidine rings is 1. The lowest BCUT2D eigenvalue weighted by molar-refractivity contribution is 0.0304. The van der Waals surface area contributed by atoms with Gasteiger partial charge in [-0.15, -0.1) is 0 Å². The van der Waals surface area contributed by atoms with Gasteiger partial charge in [-0.2, -0.15) is 0 Å². The van der Waals surface area contributed by atoms with Crippen LogP contribution in [-0.4, -0.2) is 23.6 Å². The van der Waals surface area contributed by atoms with Gasteiger partial charge >= 0.3 is 0 Å². The molecule has 0 spiro atoms. The van der Waals surface area contributed by atoms with Crippen molar-refractivity contribution in [3.8, 4) is 0 Å². The molecule has 1 heterocycles. The van der Waals surface area contributed by atoms with Crippen LogP contribution in [0.15, 0.2) is 18.2 Å². The Balaban J connectivity index is 2.15. The molecule has 0 bridgehead atoms. The molecule has 0 aliphatic carbocycles. The van der Waals surface area contributed by atoms with Crippen molar-refractivity contribution in [2.45, 2.75) is 65.1 Å². The van der Waals surface area contributed by atoms with E-state index in [4.69, 9.17) is 5.73 Å². The largest absolute Gasteiger partial charge is 0.329 e. The van der Waals surface area contributed by atoms with Crippen LogP contribution in [0.3, 0.4) is 0 Å². The van der Waals surface area contributed by atoms with E-state index in [1.165, 1.54) is 36.0 Å². The van der Waals surface area contributed by atoms with Gasteiger partial charge in [0.25, 0.3) is 0 Å². The first-order chi connectivity index (χ1) is 9.51. The van der Waals surface area contributed by atoms with Crippen molar-refractivity contribution >= 4 is 0 Å². The van der Waals surface area contributed by atoms with E-state index < -0.39 is 0 Å². The van der Waals surface area contributed by atoms with Crippen LogP contribution in [0.5, 0.6) is 0 Å². The third kappa shape index (κ3) is 3.60. The molecule has 0 aromatic heterocycles. The second-order valence-electron chi connectivity index (χ2n) is 6.37. The lowest BCUT2D eigenvalue weighted by Crippen LogP contribution is -2.54. The van der Waals surface area contributed by atoms with Crippen molar-refractivity contribution in [1.82, 2.24) is 10.4 Å². The summed E-state index contributed by atoms with van der Waals surface area (Å²) in [6, 6.07) is 8.07. The second kappa shape index (κ2) is 6.70. The fourth-order valence-electron chi connectivity index (χ4n) is 3.33. The maximum absolute atomic E-state index is 6.02. The summed E-state index contributed by atoms with van der Waals surface area (Å²) in [7, 11) is 0. The summed E-state index contributed by atoms with van der Waals surface area (Å²) in [5, 5.41) is 2.42. The summed E-state index contributed by atoms with van der Waals surface area (Å²) in [5.41, 5.74) is 13.6. The molecule has 20 heavy (non-hydrogen) atoms. The maximum Gasteiger partial charge on any atom is 0.0587 e. The summed E-state index contributed by atoms with van der Waals surface area (Å²) in [6.07, 6.45) is 3.86. The molecular weight excluding hydrogens is 246 g/mol. The van der Waals surface area contributed by atoms with Crippen LogP contribution in [0.25, 0.3) is 0 Å². The quantitative estimate of drug-likeness (QED) is 0.887. The third-order valence-corrected chi connectivity index (χ3v) is 4.38. The van der Waals surface area contributed by atoms with Gasteiger partial charge in [-0.05, 0) is 46.1 Å². The van der Waals surface area contributed by atoms with Gasteiger partial charge in [-0.25, -0.2) is 10.4 Å². The smallest absolute Gasteiger partial charge is 0.0587 e. The minimum absolute atomic E-state index is 0.205. The topological polar surface area (TPSA) is 41.3 Å². The summed E-state index contributed by atoms with van der Waals surface area (Å²) in [4.78, 5) is 0. The Morgan fingerprint density at radius 1 is 1.15 bits per heavy atom. The number of rotatable bonds is 4. The highest BCUT2D eigenvalue weighted by atomic mass is 15.5. The molecule has 1 aromatic carbocycles. The molecule has 3 N–H and O–H groups in total. The van der Waals surface area contributed by atoms with Crippen molar-refractivity contribution in [1.29, 1.82) is 0 Å². The van der Waals surface area contributed by atoms with E-state index >= 15 is 0 Å². The molecule has 1 aliphatic heterocycles. The molecular formula is C17H29N3. The molecule has 3 nitrogen and oxygen atoms in total. The van der Waals surface area contributed by atoms with E-state index in [1.807, 2.05) is 0 Å². The SMILES string of the molecule is Cc1cc(C)cc(C(CN)NN2C(C)CCCC2C)c1. The van der Waals surface area contributed by atoms with Crippen molar-refractivity contribution in [2.75, 3.05) is 6.54 Å². The van der Waals surface area contributed by atoms with Crippen LogP contribution in [0, 0.1) is 13.8 Å². The molecule has 1 aromatic rings. The first-order valence-corrected chi connectivity index (χ1v) is 7.84. The van der Waals surface area contributed by atoms with Crippen molar-refractivity contribution in [3.63, 3.8) is 0 Å². The molecule has 3 heteroatoms. The number of hydrogen-bond donors (Lipinski definition) is 2. The fraction of sp³-hybridized carbons (Fsp3) is 0.647.